The molecule has 1 saturated heterocycles. The van der Waals surface area contributed by atoms with Gasteiger partial charge in [-0.15, -0.1) is 0 Å². The summed E-state index contributed by atoms with van der Waals surface area (Å²) in [4.78, 5) is 14.5. The molecule has 2 fully saturated rings. The Morgan fingerprint density at radius 2 is 2.15 bits per heavy atom. The minimum Gasteiger partial charge on any atom is -0.496 e. The van der Waals surface area contributed by atoms with Gasteiger partial charge in [0.05, 0.1) is 17.6 Å². The number of ether oxygens (including phenoxy) is 1. The van der Waals surface area contributed by atoms with Gasteiger partial charge in [-0.1, -0.05) is 0 Å². The lowest BCUT2D eigenvalue weighted by Crippen LogP contribution is -2.51. The lowest BCUT2D eigenvalue weighted by atomic mass is 10.0. The topological polar surface area (TPSA) is 41.6 Å². The number of rotatable bonds is 4. The summed E-state index contributed by atoms with van der Waals surface area (Å²) in [7, 11) is 1.64. The normalized spacial score (nSPS) is 23.0. The maximum atomic E-state index is 12.6. The molecule has 108 valence electrons. The van der Waals surface area contributed by atoms with Gasteiger partial charge >= 0.3 is 0 Å². The molecule has 0 bridgehead atoms. The van der Waals surface area contributed by atoms with Crippen LogP contribution >= 0.6 is 15.9 Å². The van der Waals surface area contributed by atoms with Crippen LogP contribution in [0.25, 0.3) is 0 Å². The van der Waals surface area contributed by atoms with Crippen LogP contribution in [0.1, 0.15) is 25.7 Å². The van der Waals surface area contributed by atoms with Gasteiger partial charge in [-0.05, 0) is 59.8 Å². The quantitative estimate of drug-likeness (QED) is 0.917. The van der Waals surface area contributed by atoms with Crippen molar-refractivity contribution in [2.45, 2.75) is 37.8 Å². The maximum absolute atomic E-state index is 12.6. The molecule has 20 heavy (non-hydrogen) atoms. The van der Waals surface area contributed by atoms with Crippen molar-refractivity contribution in [2.75, 3.05) is 18.6 Å². The molecule has 1 atom stereocenters. The predicted molar refractivity (Wildman–Crippen MR) is 82.2 cm³/mol. The van der Waals surface area contributed by atoms with Gasteiger partial charge in [0.25, 0.3) is 0 Å². The molecule has 1 amide bonds. The van der Waals surface area contributed by atoms with Gasteiger partial charge in [0.2, 0.25) is 5.91 Å². The number of halogens is 1. The first-order valence-corrected chi connectivity index (χ1v) is 7.89. The van der Waals surface area contributed by atoms with Crippen molar-refractivity contribution in [3.63, 3.8) is 0 Å². The highest BCUT2D eigenvalue weighted by molar-refractivity contribution is 9.10. The summed E-state index contributed by atoms with van der Waals surface area (Å²) in [6, 6.07) is 6.34. The minimum atomic E-state index is -0.0165. The Kier molecular flexibility index (Phi) is 3.98. The summed E-state index contributed by atoms with van der Waals surface area (Å²) in [5.41, 5.74) is 0.935. The molecule has 4 nitrogen and oxygen atoms in total. The van der Waals surface area contributed by atoms with Crippen molar-refractivity contribution in [1.82, 2.24) is 5.32 Å². The zero-order valence-corrected chi connectivity index (χ0v) is 13.1. The number of nitrogens with one attached hydrogen (secondary N) is 1. The molecule has 0 radical (unpaired) electrons. The average molecular weight is 339 g/mol. The molecule has 1 N–H and O–H groups in total. The largest absolute Gasteiger partial charge is 0.496 e. The number of benzene rings is 1. The average Bonchev–Trinajstić information content (AvgIpc) is 3.25. The molecule has 2 aliphatic rings. The Labute approximate surface area is 127 Å². The van der Waals surface area contributed by atoms with Crippen LogP contribution < -0.4 is 15.0 Å². The van der Waals surface area contributed by atoms with E-state index in [9.17, 15) is 4.79 Å². The Hall–Kier alpha value is -1.07. The van der Waals surface area contributed by atoms with E-state index in [4.69, 9.17) is 4.74 Å². The van der Waals surface area contributed by atoms with Gasteiger partial charge in [0.1, 0.15) is 5.75 Å². The van der Waals surface area contributed by atoms with Crippen molar-refractivity contribution in [3.8, 4) is 5.75 Å². The van der Waals surface area contributed by atoms with E-state index in [1.165, 1.54) is 12.8 Å². The van der Waals surface area contributed by atoms with E-state index < -0.39 is 0 Å². The highest BCUT2D eigenvalue weighted by atomic mass is 79.9. The molecule has 1 aromatic rings. The lowest BCUT2D eigenvalue weighted by molar-refractivity contribution is -0.121. The Bertz CT molecular complexity index is 517. The second-order valence-corrected chi connectivity index (χ2v) is 6.30. The standard InChI is InChI=1S/C15H19BrN2O2/c1-20-14-7-6-11(9-12(14)16)18-8-2-3-13(15(18)19)17-10-4-5-10/h6-7,9-10,13,17H,2-5,8H2,1H3. The fourth-order valence-electron chi connectivity index (χ4n) is 2.64. The fourth-order valence-corrected chi connectivity index (χ4v) is 3.17. The number of carbonyl (C=O) groups is 1. The van der Waals surface area contributed by atoms with E-state index in [1.807, 2.05) is 23.1 Å². The molecule has 5 heteroatoms. The molecule has 0 spiro atoms. The third-order valence-corrected chi connectivity index (χ3v) is 4.52. The van der Waals surface area contributed by atoms with Gasteiger partial charge in [0.15, 0.2) is 0 Å². The lowest BCUT2D eigenvalue weighted by Gasteiger charge is -2.33. The monoisotopic (exact) mass is 338 g/mol. The molecular weight excluding hydrogens is 320 g/mol. The number of piperidine rings is 1. The van der Waals surface area contributed by atoms with Gasteiger partial charge in [-0.2, -0.15) is 0 Å². The Morgan fingerprint density at radius 3 is 2.80 bits per heavy atom. The number of hydrogen-bond donors (Lipinski definition) is 1. The van der Waals surface area contributed by atoms with E-state index in [0.717, 1.165) is 35.3 Å². The number of methoxy groups -OCH3 is 1. The third-order valence-electron chi connectivity index (χ3n) is 3.90. The first kappa shape index (κ1) is 13.9. The molecule has 1 saturated carbocycles. The number of carbonyl (C=O) groups excluding carboxylic acids is 1. The second-order valence-electron chi connectivity index (χ2n) is 5.44. The third kappa shape index (κ3) is 2.83. The predicted octanol–water partition coefficient (Wildman–Crippen LogP) is 2.71. The van der Waals surface area contributed by atoms with Crippen LogP contribution in [0.15, 0.2) is 22.7 Å². The minimum absolute atomic E-state index is 0.0165. The summed E-state index contributed by atoms with van der Waals surface area (Å²) in [6.07, 6.45) is 4.40. The van der Waals surface area contributed by atoms with Crippen LogP contribution in [0.3, 0.4) is 0 Å². The summed E-state index contributed by atoms with van der Waals surface area (Å²) >= 11 is 3.48. The molecule has 1 aliphatic heterocycles. The summed E-state index contributed by atoms with van der Waals surface area (Å²) in [6.45, 7) is 0.792. The molecule has 3 rings (SSSR count). The van der Waals surface area contributed by atoms with Crippen molar-refractivity contribution >= 4 is 27.5 Å². The van der Waals surface area contributed by atoms with E-state index in [0.29, 0.717) is 6.04 Å². The van der Waals surface area contributed by atoms with E-state index in [2.05, 4.69) is 21.2 Å². The molecule has 1 heterocycles. The van der Waals surface area contributed by atoms with E-state index >= 15 is 0 Å². The molecule has 1 aliphatic carbocycles. The zero-order valence-electron chi connectivity index (χ0n) is 11.6. The number of hydrogen-bond acceptors (Lipinski definition) is 3. The van der Waals surface area contributed by atoms with Gasteiger partial charge in [-0.3, -0.25) is 4.79 Å². The number of amides is 1. The summed E-state index contributed by atoms with van der Waals surface area (Å²) < 4.78 is 6.11. The number of anilines is 1. The van der Waals surface area contributed by atoms with Crippen molar-refractivity contribution in [2.24, 2.45) is 0 Å². The Balaban J connectivity index is 1.77. The van der Waals surface area contributed by atoms with E-state index in [-0.39, 0.29) is 11.9 Å². The number of nitrogens with zero attached hydrogens (tertiary/aromatic N) is 1. The van der Waals surface area contributed by atoms with Gasteiger partial charge in [-0.25, -0.2) is 0 Å². The maximum Gasteiger partial charge on any atom is 0.244 e. The zero-order chi connectivity index (χ0) is 14.1. The van der Waals surface area contributed by atoms with Crippen LogP contribution in [0.2, 0.25) is 0 Å². The molecule has 0 aromatic heterocycles. The fraction of sp³-hybridized carbons (Fsp3) is 0.533. The molecule has 1 unspecified atom stereocenters. The van der Waals surface area contributed by atoms with Crippen molar-refractivity contribution < 1.29 is 9.53 Å². The van der Waals surface area contributed by atoms with Crippen LogP contribution in [-0.4, -0.2) is 31.6 Å². The summed E-state index contributed by atoms with van der Waals surface area (Å²) in [5, 5.41) is 3.45. The van der Waals surface area contributed by atoms with Crippen molar-refractivity contribution in [1.29, 1.82) is 0 Å². The molecule has 1 aromatic carbocycles. The van der Waals surface area contributed by atoms with Crippen LogP contribution in [0.5, 0.6) is 5.75 Å². The van der Waals surface area contributed by atoms with Gasteiger partial charge < -0.3 is 15.0 Å². The first-order valence-electron chi connectivity index (χ1n) is 7.10. The SMILES string of the molecule is COc1ccc(N2CCCC(NC3CC3)C2=O)cc1Br. The first-order chi connectivity index (χ1) is 9.69. The Morgan fingerprint density at radius 1 is 1.35 bits per heavy atom. The summed E-state index contributed by atoms with van der Waals surface area (Å²) in [5.74, 6) is 0.978. The second kappa shape index (κ2) is 5.74. The van der Waals surface area contributed by atoms with Crippen LogP contribution in [0.4, 0.5) is 5.69 Å². The molecular formula is C15H19BrN2O2. The van der Waals surface area contributed by atoms with Crippen LogP contribution in [0, 0.1) is 0 Å². The van der Waals surface area contributed by atoms with E-state index in [1.54, 1.807) is 7.11 Å². The van der Waals surface area contributed by atoms with Crippen LogP contribution in [-0.2, 0) is 4.79 Å². The van der Waals surface area contributed by atoms with Crippen molar-refractivity contribution in [3.05, 3.63) is 22.7 Å². The smallest absolute Gasteiger partial charge is 0.244 e. The highest BCUT2D eigenvalue weighted by Crippen LogP contribution is 2.31. The van der Waals surface area contributed by atoms with Gasteiger partial charge in [0, 0.05) is 18.3 Å². The highest BCUT2D eigenvalue weighted by Gasteiger charge is 2.34.